The van der Waals surface area contributed by atoms with Gasteiger partial charge in [-0.25, -0.2) is 9.80 Å². The predicted octanol–water partition coefficient (Wildman–Crippen LogP) is 3.03. The number of hydrogen-bond acceptors (Lipinski definition) is 4. The Labute approximate surface area is 152 Å². The van der Waals surface area contributed by atoms with E-state index in [-0.39, 0.29) is 17.4 Å². The van der Waals surface area contributed by atoms with Gasteiger partial charge in [-0.15, -0.1) is 0 Å². The van der Waals surface area contributed by atoms with Crippen LogP contribution >= 0.6 is 0 Å². The van der Waals surface area contributed by atoms with Crippen molar-refractivity contribution in [3.8, 4) is 0 Å². The number of benzene rings is 2. The standard InChI is InChI=1S/C20H21N3O3/c1-13-18(12-14-4-8-16(9-5-14)22(2)3)19(24)23(21-13)17-10-6-15(7-11-17)20(25)26/h4-11,18H,12H2,1-3H3,(H,25,26). The summed E-state index contributed by atoms with van der Waals surface area (Å²) in [6, 6.07) is 14.3. The first-order valence-corrected chi connectivity index (χ1v) is 8.35. The quantitative estimate of drug-likeness (QED) is 0.899. The van der Waals surface area contributed by atoms with E-state index < -0.39 is 5.97 Å². The fraction of sp³-hybridized carbons (Fsp3) is 0.250. The van der Waals surface area contributed by atoms with E-state index in [1.807, 2.05) is 50.2 Å². The smallest absolute Gasteiger partial charge is 0.335 e. The summed E-state index contributed by atoms with van der Waals surface area (Å²) in [7, 11) is 3.97. The van der Waals surface area contributed by atoms with Crippen LogP contribution in [0.5, 0.6) is 0 Å². The molecule has 1 aliphatic heterocycles. The molecule has 1 N–H and O–H groups in total. The van der Waals surface area contributed by atoms with Gasteiger partial charge in [-0.05, 0) is 55.3 Å². The Morgan fingerprint density at radius 2 is 1.73 bits per heavy atom. The lowest BCUT2D eigenvalue weighted by atomic mass is 9.95. The number of hydrogen-bond donors (Lipinski definition) is 1. The van der Waals surface area contributed by atoms with Crippen LogP contribution in [0.2, 0.25) is 0 Å². The zero-order valence-corrected chi connectivity index (χ0v) is 15.0. The van der Waals surface area contributed by atoms with Crippen molar-refractivity contribution in [2.24, 2.45) is 11.0 Å². The summed E-state index contributed by atoms with van der Waals surface area (Å²) < 4.78 is 0. The van der Waals surface area contributed by atoms with Crippen LogP contribution < -0.4 is 9.91 Å². The van der Waals surface area contributed by atoms with Gasteiger partial charge in [-0.2, -0.15) is 5.10 Å². The SMILES string of the molecule is CC1=NN(c2ccc(C(=O)O)cc2)C(=O)C1Cc1ccc(N(C)C)cc1. The molecule has 0 saturated carbocycles. The van der Waals surface area contributed by atoms with Crippen LogP contribution in [0.1, 0.15) is 22.8 Å². The Balaban J connectivity index is 1.76. The Morgan fingerprint density at radius 1 is 1.12 bits per heavy atom. The maximum absolute atomic E-state index is 12.8. The van der Waals surface area contributed by atoms with Gasteiger partial charge in [-0.1, -0.05) is 12.1 Å². The van der Waals surface area contributed by atoms with Crippen molar-refractivity contribution in [3.05, 3.63) is 59.7 Å². The van der Waals surface area contributed by atoms with Crippen molar-refractivity contribution in [2.75, 3.05) is 24.0 Å². The van der Waals surface area contributed by atoms with E-state index in [0.29, 0.717) is 12.1 Å². The Kier molecular flexibility index (Phi) is 4.75. The minimum Gasteiger partial charge on any atom is -0.478 e. The number of rotatable bonds is 5. The number of carboxylic acids is 1. The van der Waals surface area contributed by atoms with E-state index in [2.05, 4.69) is 5.10 Å². The highest BCUT2D eigenvalue weighted by molar-refractivity contribution is 6.15. The molecule has 0 radical (unpaired) electrons. The van der Waals surface area contributed by atoms with Crippen LogP contribution in [0.25, 0.3) is 0 Å². The Hall–Kier alpha value is -3.15. The highest BCUT2D eigenvalue weighted by atomic mass is 16.4. The lowest BCUT2D eigenvalue weighted by molar-refractivity contribution is -0.119. The normalized spacial score (nSPS) is 16.6. The van der Waals surface area contributed by atoms with Gasteiger partial charge >= 0.3 is 5.97 Å². The van der Waals surface area contributed by atoms with Crippen LogP contribution in [-0.4, -0.2) is 36.8 Å². The summed E-state index contributed by atoms with van der Waals surface area (Å²) >= 11 is 0. The van der Waals surface area contributed by atoms with E-state index in [1.54, 1.807) is 12.1 Å². The minimum absolute atomic E-state index is 0.0951. The average molecular weight is 351 g/mol. The molecule has 1 heterocycles. The molecule has 0 bridgehead atoms. The summed E-state index contributed by atoms with van der Waals surface area (Å²) in [6.07, 6.45) is 0.589. The first-order chi connectivity index (χ1) is 12.4. The number of carboxylic acid groups (broad SMARTS) is 1. The van der Waals surface area contributed by atoms with Gasteiger partial charge in [0.1, 0.15) is 0 Å². The second-order valence-corrected chi connectivity index (χ2v) is 6.56. The second-order valence-electron chi connectivity index (χ2n) is 6.56. The number of amides is 1. The molecule has 1 atom stereocenters. The van der Waals surface area contributed by atoms with E-state index in [4.69, 9.17) is 5.11 Å². The molecule has 6 nitrogen and oxygen atoms in total. The van der Waals surface area contributed by atoms with Crippen molar-refractivity contribution in [1.82, 2.24) is 0 Å². The number of hydrazone groups is 1. The molecule has 6 heteroatoms. The van der Waals surface area contributed by atoms with Crippen molar-refractivity contribution < 1.29 is 14.7 Å². The monoisotopic (exact) mass is 351 g/mol. The van der Waals surface area contributed by atoms with Crippen molar-refractivity contribution in [2.45, 2.75) is 13.3 Å². The maximum Gasteiger partial charge on any atom is 0.335 e. The molecule has 0 aromatic heterocycles. The van der Waals surface area contributed by atoms with E-state index in [9.17, 15) is 9.59 Å². The number of nitrogens with zero attached hydrogens (tertiary/aromatic N) is 3. The molecular formula is C20H21N3O3. The Bertz CT molecular complexity index is 855. The maximum atomic E-state index is 12.8. The Morgan fingerprint density at radius 3 is 2.27 bits per heavy atom. The van der Waals surface area contributed by atoms with Crippen LogP contribution in [0.3, 0.4) is 0 Å². The van der Waals surface area contributed by atoms with Crippen LogP contribution in [0.15, 0.2) is 53.6 Å². The fourth-order valence-electron chi connectivity index (χ4n) is 2.93. The van der Waals surface area contributed by atoms with Crippen LogP contribution in [-0.2, 0) is 11.2 Å². The molecule has 1 amide bonds. The van der Waals surface area contributed by atoms with Crippen molar-refractivity contribution in [3.63, 3.8) is 0 Å². The van der Waals surface area contributed by atoms with Gasteiger partial charge in [0.05, 0.1) is 17.2 Å². The van der Waals surface area contributed by atoms with Crippen molar-refractivity contribution in [1.29, 1.82) is 0 Å². The highest BCUT2D eigenvalue weighted by Crippen LogP contribution is 2.27. The largest absolute Gasteiger partial charge is 0.478 e. The molecule has 0 spiro atoms. The van der Waals surface area contributed by atoms with Gasteiger partial charge in [0.25, 0.3) is 5.91 Å². The topological polar surface area (TPSA) is 73.2 Å². The zero-order chi connectivity index (χ0) is 18.8. The molecule has 3 rings (SSSR count). The fourth-order valence-corrected chi connectivity index (χ4v) is 2.93. The summed E-state index contributed by atoms with van der Waals surface area (Å²) in [6.45, 7) is 1.85. The zero-order valence-electron chi connectivity index (χ0n) is 15.0. The summed E-state index contributed by atoms with van der Waals surface area (Å²) in [5.41, 5.74) is 3.70. The van der Waals surface area contributed by atoms with Gasteiger partial charge < -0.3 is 10.0 Å². The summed E-state index contributed by atoms with van der Waals surface area (Å²) in [4.78, 5) is 25.8. The van der Waals surface area contributed by atoms with E-state index in [0.717, 1.165) is 17.0 Å². The lowest BCUT2D eigenvalue weighted by Gasteiger charge is -2.16. The van der Waals surface area contributed by atoms with E-state index in [1.165, 1.54) is 17.1 Å². The third-order valence-electron chi connectivity index (χ3n) is 4.52. The van der Waals surface area contributed by atoms with Gasteiger partial charge in [0, 0.05) is 25.5 Å². The molecule has 26 heavy (non-hydrogen) atoms. The third-order valence-corrected chi connectivity index (χ3v) is 4.52. The van der Waals surface area contributed by atoms with Crippen LogP contribution in [0.4, 0.5) is 11.4 Å². The van der Waals surface area contributed by atoms with Crippen molar-refractivity contribution >= 4 is 29.0 Å². The molecule has 1 aliphatic rings. The van der Waals surface area contributed by atoms with Gasteiger partial charge in [-0.3, -0.25) is 4.79 Å². The molecule has 0 fully saturated rings. The molecule has 2 aromatic carbocycles. The van der Waals surface area contributed by atoms with Gasteiger partial charge in [0.15, 0.2) is 0 Å². The number of aromatic carboxylic acids is 1. The van der Waals surface area contributed by atoms with Crippen LogP contribution in [0, 0.1) is 5.92 Å². The average Bonchev–Trinajstić information content (AvgIpc) is 2.90. The molecule has 134 valence electrons. The lowest BCUT2D eigenvalue weighted by Crippen LogP contribution is -2.28. The summed E-state index contributed by atoms with van der Waals surface area (Å²) in [5.74, 6) is -1.40. The summed E-state index contributed by atoms with van der Waals surface area (Å²) in [5, 5.41) is 14.7. The predicted molar refractivity (Wildman–Crippen MR) is 102 cm³/mol. The van der Waals surface area contributed by atoms with E-state index >= 15 is 0 Å². The highest BCUT2D eigenvalue weighted by Gasteiger charge is 2.34. The number of anilines is 2. The molecule has 0 saturated heterocycles. The molecular weight excluding hydrogens is 330 g/mol. The first-order valence-electron chi connectivity index (χ1n) is 8.35. The number of carbonyl (C=O) groups is 2. The molecule has 2 aromatic rings. The first kappa shape index (κ1) is 17.7. The van der Waals surface area contributed by atoms with Gasteiger partial charge in [0.2, 0.25) is 0 Å². The molecule has 0 aliphatic carbocycles. The third kappa shape index (κ3) is 3.44. The molecule has 1 unspecified atom stereocenters. The second kappa shape index (κ2) is 7.00. The number of carbonyl (C=O) groups excluding carboxylic acids is 1. The minimum atomic E-state index is -0.997.